The normalized spacial score (nSPS) is 33.8. The third kappa shape index (κ3) is 2.09. The van der Waals surface area contributed by atoms with Crippen LogP contribution in [0.3, 0.4) is 0 Å². The van der Waals surface area contributed by atoms with E-state index in [1.165, 1.54) is 13.2 Å². The van der Waals surface area contributed by atoms with Crippen molar-refractivity contribution in [1.82, 2.24) is 0 Å². The van der Waals surface area contributed by atoms with Crippen molar-refractivity contribution >= 4 is 21.9 Å². The molecule has 0 spiro atoms. The molecule has 1 saturated carbocycles. The van der Waals surface area contributed by atoms with Crippen molar-refractivity contribution < 1.29 is 9.53 Å². The van der Waals surface area contributed by atoms with E-state index in [9.17, 15) is 4.79 Å². The molecule has 2 nitrogen and oxygen atoms in total. The Labute approximate surface area is 81.1 Å². The summed E-state index contributed by atoms with van der Waals surface area (Å²) >= 11 is 3.54. The van der Waals surface area contributed by atoms with Crippen molar-refractivity contribution in [3.05, 3.63) is 12.2 Å². The molecule has 12 heavy (non-hydrogen) atoms. The molecular weight excluding hydrogens is 220 g/mol. The standard InChI is InChI=1S/C9H13BrO2/c1-3-6-7(9(6)10)4-5-8(11)12-2/h4-7,9H,3H2,1-2H3/b5-4+/t6-,7+,9-/m1/s1. The van der Waals surface area contributed by atoms with Gasteiger partial charge in [-0.3, -0.25) is 0 Å². The SMILES string of the molecule is CC[C@H]1[C@@H](Br)[C@H]1/C=C/C(=O)OC. The van der Waals surface area contributed by atoms with Crippen molar-refractivity contribution in [1.29, 1.82) is 0 Å². The molecule has 1 aliphatic rings. The molecule has 0 bridgehead atoms. The van der Waals surface area contributed by atoms with Gasteiger partial charge in [0, 0.05) is 10.9 Å². The maximum absolute atomic E-state index is 10.7. The molecule has 0 amide bonds. The first-order chi connectivity index (χ1) is 5.70. The fourth-order valence-electron chi connectivity index (χ4n) is 1.36. The van der Waals surface area contributed by atoms with Crippen LogP contribution in [-0.2, 0) is 9.53 Å². The van der Waals surface area contributed by atoms with Crippen molar-refractivity contribution in [3.63, 3.8) is 0 Å². The second-order valence-corrected chi connectivity index (χ2v) is 4.03. The number of rotatable bonds is 3. The van der Waals surface area contributed by atoms with E-state index in [-0.39, 0.29) is 5.97 Å². The van der Waals surface area contributed by atoms with Crippen LogP contribution in [-0.4, -0.2) is 17.9 Å². The van der Waals surface area contributed by atoms with Gasteiger partial charge in [-0.05, 0) is 11.8 Å². The molecular formula is C9H13BrO2. The van der Waals surface area contributed by atoms with Crippen LogP contribution in [0.15, 0.2) is 12.2 Å². The molecule has 0 aromatic carbocycles. The Balaban J connectivity index is 2.34. The van der Waals surface area contributed by atoms with Gasteiger partial charge in [-0.15, -0.1) is 0 Å². The number of hydrogen-bond donors (Lipinski definition) is 0. The third-order valence-corrected chi connectivity index (χ3v) is 3.55. The monoisotopic (exact) mass is 232 g/mol. The van der Waals surface area contributed by atoms with Gasteiger partial charge in [0.25, 0.3) is 0 Å². The van der Waals surface area contributed by atoms with Gasteiger partial charge in [-0.2, -0.15) is 0 Å². The predicted octanol–water partition coefficient (Wildman–Crippen LogP) is 2.14. The first kappa shape index (κ1) is 9.78. The van der Waals surface area contributed by atoms with E-state index in [4.69, 9.17) is 0 Å². The minimum Gasteiger partial charge on any atom is -0.466 e. The Hall–Kier alpha value is -0.310. The number of allylic oxidation sites excluding steroid dienone is 1. The molecule has 0 radical (unpaired) electrons. The average Bonchev–Trinajstić information content (AvgIpc) is 2.71. The lowest BCUT2D eigenvalue weighted by Gasteiger charge is -1.88. The molecule has 68 valence electrons. The van der Waals surface area contributed by atoms with Crippen LogP contribution >= 0.6 is 15.9 Å². The summed E-state index contributed by atoms with van der Waals surface area (Å²) in [4.78, 5) is 11.3. The van der Waals surface area contributed by atoms with E-state index in [1.54, 1.807) is 0 Å². The fraction of sp³-hybridized carbons (Fsp3) is 0.667. The van der Waals surface area contributed by atoms with Gasteiger partial charge < -0.3 is 4.74 Å². The van der Waals surface area contributed by atoms with Gasteiger partial charge in [0.15, 0.2) is 0 Å². The van der Waals surface area contributed by atoms with Crippen molar-refractivity contribution in [2.75, 3.05) is 7.11 Å². The molecule has 0 unspecified atom stereocenters. The maximum Gasteiger partial charge on any atom is 0.330 e. The summed E-state index contributed by atoms with van der Waals surface area (Å²) in [6, 6.07) is 0. The predicted molar refractivity (Wildman–Crippen MR) is 51.1 cm³/mol. The van der Waals surface area contributed by atoms with E-state index >= 15 is 0 Å². The summed E-state index contributed by atoms with van der Waals surface area (Å²) in [5.41, 5.74) is 0. The molecule has 0 N–H and O–H groups in total. The largest absolute Gasteiger partial charge is 0.466 e. The smallest absolute Gasteiger partial charge is 0.330 e. The molecule has 1 fully saturated rings. The lowest BCUT2D eigenvalue weighted by Crippen LogP contribution is -1.93. The maximum atomic E-state index is 10.7. The highest BCUT2D eigenvalue weighted by Gasteiger charge is 2.44. The molecule has 3 heteroatoms. The molecule has 0 heterocycles. The Morgan fingerprint density at radius 2 is 2.33 bits per heavy atom. The van der Waals surface area contributed by atoms with Crippen molar-refractivity contribution in [2.45, 2.75) is 18.2 Å². The number of hydrogen-bond acceptors (Lipinski definition) is 2. The Morgan fingerprint density at radius 1 is 1.67 bits per heavy atom. The van der Waals surface area contributed by atoms with Crippen LogP contribution < -0.4 is 0 Å². The van der Waals surface area contributed by atoms with Crippen molar-refractivity contribution in [3.8, 4) is 0 Å². The highest BCUT2D eigenvalue weighted by atomic mass is 79.9. The average molecular weight is 233 g/mol. The molecule has 0 aromatic heterocycles. The minimum absolute atomic E-state index is 0.267. The second-order valence-electron chi connectivity index (χ2n) is 2.98. The van der Waals surface area contributed by atoms with Crippen LogP contribution in [0.25, 0.3) is 0 Å². The second kappa shape index (κ2) is 4.08. The number of alkyl halides is 1. The number of ether oxygens (including phenoxy) is 1. The molecule has 1 aliphatic carbocycles. The van der Waals surface area contributed by atoms with Crippen LogP contribution in [0.1, 0.15) is 13.3 Å². The highest BCUT2D eigenvalue weighted by molar-refractivity contribution is 9.09. The topological polar surface area (TPSA) is 26.3 Å². The minimum atomic E-state index is -0.267. The van der Waals surface area contributed by atoms with Gasteiger partial charge in [-0.1, -0.05) is 35.4 Å². The van der Waals surface area contributed by atoms with Crippen LogP contribution in [0.4, 0.5) is 0 Å². The van der Waals surface area contributed by atoms with E-state index in [2.05, 4.69) is 27.6 Å². The van der Waals surface area contributed by atoms with E-state index in [0.29, 0.717) is 16.7 Å². The Morgan fingerprint density at radius 3 is 2.75 bits per heavy atom. The zero-order valence-electron chi connectivity index (χ0n) is 7.29. The Kier molecular flexibility index (Phi) is 3.32. The summed E-state index contributed by atoms with van der Waals surface area (Å²) in [6.45, 7) is 2.16. The summed E-state index contributed by atoms with van der Waals surface area (Å²) < 4.78 is 4.49. The Bertz CT molecular complexity index is 201. The van der Waals surface area contributed by atoms with Gasteiger partial charge in [0.05, 0.1) is 7.11 Å². The summed E-state index contributed by atoms with van der Waals surface area (Å²) in [5.74, 6) is 0.955. The molecule has 0 saturated heterocycles. The van der Waals surface area contributed by atoms with Gasteiger partial charge in [0.1, 0.15) is 0 Å². The molecule has 0 aliphatic heterocycles. The van der Waals surface area contributed by atoms with Gasteiger partial charge >= 0.3 is 5.97 Å². The highest BCUT2D eigenvalue weighted by Crippen LogP contribution is 2.48. The number of carbonyl (C=O) groups is 1. The van der Waals surface area contributed by atoms with Crippen LogP contribution in [0.2, 0.25) is 0 Å². The molecule has 1 rings (SSSR count). The number of methoxy groups -OCH3 is 1. The van der Waals surface area contributed by atoms with Crippen molar-refractivity contribution in [2.24, 2.45) is 11.8 Å². The molecule has 0 aromatic rings. The number of carbonyl (C=O) groups excluding carboxylic acids is 1. The fourth-order valence-corrected chi connectivity index (χ4v) is 2.48. The van der Waals surface area contributed by atoms with Gasteiger partial charge in [-0.25, -0.2) is 4.79 Å². The van der Waals surface area contributed by atoms with Crippen LogP contribution in [0.5, 0.6) is 0 Å². The van der Waals surface area contributed by atoms with E-state index < -0.39 is 0 Å². The lowest BCUT2D eigenvalue weighted by atomic mass is 10.2. The zero-order chi connectivity index (χ0) is 9.14. The lowest BCUT2D eigenvalue weighted by molar-refractivity contribution is -0.134. The third-order valence-electron chi connectivity index (χ3n) is 2.26. The summed E-state index contributed by atoms with van der Waals surface area (Å²) in [6.07, 6.45) is 4.60. The number of halogens is 1. The van der Waals surface area contributed by atoms with Crippen LogP contribution in [0, 0.1) is 11.8 Å². The zero-order valence-corrected chi connectivity index (χ0v) is 8.87. The van der Waals surface area contributed by atoms with Gasteiger partial charge in [0.2, 0.25) is 0 Å². The summed E-state index contributed by atoms with van der Waals surface area (Å²) in [7, 11) is 1.39. The number of esters is 1. The quantitative estimate of drug-likeness (QED) is 0.424. The van der Waals surface area contributed by atoms with E-state index in [0.717, 1.165) is 6.42 Å². The summed E-state index contributed by atoms with van der Waals surface area (Å²) in [5, 5.41) is 0. The first-order valence-electron chi connectivity index (χ1n) is 4.11. The van der Waals surface area contributed by atoms with E-state index in [1.807, 2.05) is 6.08 Å². The molecule has 3 atom stereocenters. The first-order valence-corrected chi connectivity index (χ1v) is 5.02.